The van der Waals surface area contributed by atoms with Gasteiger partial charge in [-0.05, 0) is 12.8 Å². The molecule has 0 bridgehead atoms. The molecule has 0 fully saturated rings. The van der Waals surface area contributed by atoms with E-state index in [0.717, 1.165) is 59.1 Å². The summed E-state index contributed by atoms with van der Waals surface area (Å²) in [6, 6.07) is 17.1. The van der Waals surface area contributed by atoms with Crippen LogP contribution in [0.25, 0.3) is 21.5 Å². The van der Waals surface area contributed by atoms with Gasteiger partial charge >= 0.3 is 0 Å². The molecule has 0 aromatic heterocycles. The van der Waals surface area contributed by atoms with E-state index in [9.17, 15) is 0 Å². The van der Waals surface area contributed by atoms with Crippen LogP contribution in [0.2, 0.25) is 0 Å². The van der Waals surface area contributed by atoms with Gasteiger partial charge in [0.15, 0.2) is 0 Å². The third-order valence-corrected chi connectivity index (χ3v) is 6.32. The first kappa shape index (κ1) is 24.4. The monoisotopic (exact) mass is 434 g/mol. The molecule has 0 aliphatic rings. The molecule has 3 aromatic carbocycles. The summed E-state index contributed by atoms with van der Waals surface area (Å²) in [5.41, 5.74) is 0. The standard InChI is InChI=1S/C30H42O2/c1-3-5-7-9-11-17-23-31-29-25-19-13-15-21-27(25)30(28-22-16-14-20-26(28)29)32-24-18-12-10-8-6-4-2/h13-16,19-22H,3-12,17-18,23-24H2,1-2H3. The van der Waals surface area contributed by atoms with Crippen LogP contribution >= 0.6 is 0 Å². The molecule has 0 aliphatic carbocycles. The fourth-order valence-corrected chi connectivity index (χ4v) is 4.47. The Morgan fingerprint density at radius 2 is 0.750 bits per heavy atom. The average molecular weight is 435 g/mol. The second-order valence-electron chi connectivity index (χ2n) is 8.98. The minimum Gasteiger partial charge on any atom is -0.492 e. The quantitative estimate of drug-likeness (QED) is 0.165. The Morgan fingerprint density at radius 1 is 0.438 bits per heavy atom. The lowest BCUT2D eigenvalue weighted by molar-refractivity contribution is 0.306. The van der Waals surface area contributed by atoms with Crippen LogP contribution in [0.3, 0.4) is 0 Å². The molecule has 0 radical (unpaired) electrons. The third kappa shape index (κ3) is 6.89. The van der Waals surface area contributed by atoms with E-state index in [0.29, 0.717) is 0 Å². The number of hydrogen-bond acceptors (Lipinski definition) is 2. The summed E-state index contributed by atoms with van der Waals surface area (Å²) in [7, 11) is 0. The molecule has 0 amide bonds. The van der Waals surface area contributed by atoms with Crippen LogP contribution in [0.4, 0.5) is 0 Å². The lowest BCUT2D eigenvalue weighted by Crippen LogP contribution is -2.02. The van der Waals surface area contributed by atoms with Gasteiger partial charge in [0.25, 0.3) is 0 Å². The van der Waals surface area contributed by atoms with Gasteiger partial charge in [-0.3, -0.25) is 0 Å². The van der Waals surface area contributed by atoms with E-state index >= 15 is 0 Å². The van der Waals surface area contributed by atoms with Crippen LogP contribution in [0, 0.1) is 0 Å². The molecule has 2 heteroatoms. The SMILES string of the molecule is CCCCCCCCOc1c2ccccc2c(OCCCCCCCC)c2ccccc12. The summed E-state index contributed by atoms with van der Waals surface area (Å²) in [5.74, 6) is 2.02. The van der Waals surface area contributed by atoms with Gasteiger partial charge in [-0.25, -0.2) is 0 Å². The summed E-state index contributed by atoms with van der Waals surface area (Å²) >= 11 is 0. The van der Waals surface area contributed by atoms with Crippen LogP contribution < -0.4 is 9.47 Å². The van der Waals surface area contributed by atoms with Crippen molar-refractivity contribution in [3.63, 3.8) is 0 Å². The first-order chi connectivity index (χ1) is 15.9. The van der Waals surface area contributed by atoms with Gasteiger partial charge in [-0.15, -0.1) is 0 Å². The molecule has 2 nitrogen and oxygen atoms in total. The molecule has 0 saturated carbocycles. The molecule has 3 aromatic rings. The van der Waals surface area contributed by atoms with Gasteiger partial charge in [0.1, 0.15) is 11.5 Å². The van der Waals surface area contributed by atoms with Crippen molar-refractivity contribution in [2.24, 2.45) is 0 Å². The molecule has 0 spiro atoms. The highest BCUT2D eigenvalue weighted by Gasteiger charge is 2.15. The number of ether oxygens (including phenoxy) is 2. The highest BCUT2D eigenvalue weighted by atomic mass is 16.5. The summed E-state index contributed by atoms with van der Waals surface area (Å²) in [6.07, 6.45) is 15.3. The minimum atomic E-state index is 0.776. The number of rotatable bonds is 16. The van der Waals surface area contributed by atoms with Crippen molar-refractivity contribution >= 4 is 21.5 Å². The van der Waals surface area contributed by atoms with E-state index in [1.54, 1.807) is 0 Å². The van der Waals surface area contributed by atoms with Crippen molar-refractivity contribution in [2.45, 2.75) is 90.9 Å². The van der Waals surface area contributed by atoms with E-state index in [-0.39, 0.29) is 0 Å². The fraction of sp³-hybridized carbons (Fsp3) is 0.533. The molecular weight excluding hydrogens is 392 g/mol. The van der Waals surface area contributed by atoms with Crippen molar-refractivity contribution in [2.75, 3.05) is 13.2 Å². The maximum Gasteiger partial charge on any atom is 0.135 e. The predicted molar refractivity (Wildman–Crippen MR) is 139 cm³/mol. The second-order valence-corrected chi connectivity index (χ2v) is 8.98. The summed E-state index contributed by atoms with van der Waals surface area (Å²) in [4.78, 5) is 0. The van der Waals surface area contributed by atoms with Crippen molar-refractivity contribution in [1.29, 1.82) is 0 Å². The van der Waals surface area contributed by atoms with Gasteiger partial charge in [0.05, 0.1) is 13.2 Å². The minimum absolute atomic E-state index is 0.776. The number of unbranched alkanes of at least 4 members (excludes halogenated alkanes) is 10. The van der Waals surface area contributed by atoms with Crippen molar-refractivity contribution < 1.29 is 9.47 Å². The van der Waals surface area contributed by atoms with Crippen LogP contribution in [0.5, 0.6) is 11.5 Å². The molecule has 0 aliphatic heterocycles. The van der Waals surface area contributed by atoms with E-state index < -0.39 is 0 Å². The largest absolute Gasteiger partial charge is 0.492 e. The molecular formula is C30H42O2. The highest BCUT2D eigenvalue weighted by Crippen LogP contribution is 2.42. The normalized spacial score (nSPS) is 11.3. The van der Waals surface area contributed by atoms with Crippen molar-refractivity contribution in [1.82, 2.24) is 0 Å². The van der Waals surface area contributed by atoms with Crippen molar-refractivity contribution in [3.8, 4) is 11.5 Å². The van der Waals surface area contributed by atoms with Crippen molar-refractivity contribution in [3.05, 3.63) is 48.5 Å². The Kier molecular flexibility index (Phi) is 10.7. The van der Waals surface area contributed by atoms with Crippen LogP contribution in [-0.4, -0.2) is 13.2 Å². The summed E-state index contributed by atoms with van der Waals surface area (Å²) in [5, 5.41) is 4.65. The molecule has 0 atom stereocenters. The van der Waals surface area contributed by atoms with Crippen LogP contribution in [0.1, 0.15) is 90.9 Å². The Labute approximate surface area is 195 Å². The summed E-state index contributed by atoms with van der Waals surface area (Å²) < 4.78 is 12.8. The molecule has 0 unspecified atom stereocenters. The van der Waals surface area contributed by atoms with E-state index in [2.05, 4.69) is 62.4 Å². The fourth-order valence-electron chi connectivity index (χ4n) is 4.47. The average Bonchev–Trinajstić information content (AvgIpc) is 2.83. The first-order valence-corrected chi connectivity index (χ1v) is 13.1. The zero-order chi connectivity index (χ0) is 22.4. The second kappa shape index (κ2) is 14.0. The first-order valence-electron chi connectivity index (χ1n) is 13.1. The molecule has 32 heavy (non-hydrogen) atoms. The maximum absolute atomic E-state index is 6.42. The maximum atomic E-state index is 6.42. The third-order valence-electron chi connectivity index (χ3n) is 6.32. The lowest BCUT2D eigenvalue weighted by Gasteiger charge is -2.18. The van der Waals surface area contributed by atoms with E-state index in [1.807, 2.05) is 0 Å². The number of fused-ring (bicyclic) bond motifs is 2. The van der Waals surface area contributed by atoms with E-state index in [4.69, 9.17) is 9.47 Å². The lowest BCUT2D eigenvalue weighted by atomic mass is 10.0. The number of hydrogen-bond donors (Lipinski definition) is 0. The Morgan fingerprint density at radius 3 is 1.09 bits per heavy atom. The summed E-state index contributed by atoms with van der Waals surface area (Å²) in [6.45, 7) is 6.08. The van der Waals surface area contributed by atoms with Crippen LogP contribution in [-0.2, 0) is 0 Å². The zero-order valence-electron chi connectivity index (χ0n) is 20.3. The zero-order valence-corrected chi connectivity index (χ0v) is 20.3. The predicted octanol–water partition coefficient (Wildman–Crippen LogP) is 9.47. The van der Waals surface area contributed by atoms with E-state index in [1.165, 1.54) is 64.2 Å². The van der Waals surface area contributed by atoms with Crippen LogP contribution in [0.15, 0.2) is 48.5 Å². The Bertz CT molecular complexity index is 798. The molecule has 0 N–H and O–H groups in total. The Hall–Kier alpha value is -2.22. The molecule has 0 saturated heterocycles. The van der Waals surface area contributed by atoms with Gasteiger partial charge in [-0.2, -0.15) is 0 Å². The molecule has 0 heterocycles. The molecule has 174 valence electrons. The smallest absolute Gasteiger partial charge is 0.135 e. The van der Waals surface area contributed by atoms with Gasteiger partial charge in [0.2, 0.25) is 0 Å². The highest BCUT2D eigenvalue weighted by molar-refractivity contribution is 6.11. The van der Waals surface area contributed by atoms with Gasteiger partial charge in [-0.1, -0.05) is 127 Å². The molecule has 3 rings (SSSR count). The number of benzene rings is 3. The topological polar surface area (TPSA) is 18.5 Å². The Balaban J connectivity index is 1.72. The van der Waals surface area contributed by atoms with Gasteiger partial charge < -0.3 is 9.47 Å². The van der Waals surface area contributed by atoms with Gasteiger partial charge in [0, 0.05) is 21.5 Å².